The van der Waals surface area contributed by atoms with Crippen LogP contribution in [0.4, 0.5) is 5.69 Å². The van der Waals surface area contributed by atoms with Crippen molar-refractivity contribution in [2.75, 3.05) is 5.73 Å². The molecule has 2 aliphatic rings. The van der Waals surface area contributed by atoms with E-state index in [9.17, 15) is 0 Å². The largest absolute Gasteiger partial charge is 0.399 e. The Balaban J connectivity index is 1.79. The predicted octanol–water partition coefficient (Wildman–Crippen LogP) is 10.7. The zero-order valence-electron chi connectivity index (χ0n) is 24.1. The van der Waals surface area contributed by atoms with Gasteiger partial charge in [0.1, 0.15) is 0 Å². The molecule has 0 aliphatic heterocycles. The van der Waals surface area contributed by atoms with Gasteiger partial charge in [0.15, 0.2) is 0 Å². The molecule has 0 aromatic heterocycles. The monoisotopic (exact) mass is 503 g/mol. The zero-order chi connectivity index (χ0) is 27.5. The third-order valence-corrected chi connectivity index (χ3v) is 7.46. The molecule has 0 saturated heterocycles. The number of nitrogen functional groups attached to an aromatic ring is 1. The fourth-order valence-electron chi connectivity index (χ4n) is 4.94. The van der Waals surface area contributed by atoms with Gasteiger partial charge < -0.3 is 5.73 Å². The lowest BCUT2D eigenvalue weighted by Crippen LogP contribution is -2.02. The van der Waals surface area contributed by atoms with Crippen molar-refractivity contribution in [3.8, 4) is 0 Å². The van der Waals surface area contributed by atoms with Gasteiger partial charge in [-0.25, -0.2) is 0 Å². The number of rotatable bonds is 9. The standard InChI is InChI=1S/C37H45N/c1-7-33(34-18-11-9-14-28(3)25-34)22-20-30(5)37-26-35(38)23-24-36(37)31(6)29(4)19-21-32-16-10-8-13-27(2)15-12-17-32/h9-11,13,15-16,18-19,22-26,30H,6-7,12,14,17,20-21,38H2,1-5H3. The van der Waals surface area contributed by atoms with E-state index >= 15 is 0 Å². The van der Waals surface area contributed by atoms with Gasteiger partial charge in [0.05, 0.1) is 0 Å². The normalized spacial score (nSPS) is 17.4. The Morgan fingerprint density at radius 1 is 1.18 bits per heavy atom. The van der Waals surface area contributed by atoms with Gasteiger partial charge in [-0.15, -0.1) is 5.73 Å². The smallest absolute Gasteiger partial charge is 0.0317 e. The Kier molecular flexibility index (Phi) is 11.0. The molecule has 0 amide bonds. The van der Waals surface area contributed by atoms with Crippen molar-refractivity contribution in [2.24, 2.45) is 0 Å². The molecule has 198 valence electrons. The molecule has 0 bridgehead atoms. The van der Waals surface area contributed by atoms with E-state index in [2.05, 4.69) is 108 Å². The van der Waals surface area contributed by atoms with E-state index in [0.717, 1.165) is 49.8 Å². The van der Waals surface area contributed by atoms with E-state index in [0.29, 0.717) is 5.92 Å². The second-order valence-corrected chi connectivity index (χ2v) is 10.7. The quantitative estimate of drug-likeness (QED) is 0.202. The first-order valence-electron chi connectivity index (χ1n) is 14.0. The summed E-state index contributed by atoms with van der Waals surface area (Å²) in [6.07, 6.45) is 28.4. The number of anilines is 1. The lowest BCUT2D eigenvalue weighted by atomic mass is 9.86. The van der Waals surface area contributed by atoms with Crippen molar-refractivity contribution in [1.82, 2.24) is 0 Å². The average molecular weight is 504 g/mol. The van der Waals surface area contributed by atoms with Crippen LogP contribution >= 0.6 is 0 Å². The van der Waals surface area contributed by atoms with Crippen LogP contribution < -0.4 is 5.73 Å². The first-order chi connectivity index (χ1) is 18.3. The zero-order valence-corrected chi connectivity index (χ0v) is 24.1. The first-order valence-corrected chi connectivity index (χ1v) is 14.0. The van der Waals surface area contributed by atoms with Crippen molar-refractivity contribution in [3.63, 3.8) is 0 Å². The molecule has 2 aliphatic carbocycles. The fraction of sp³-hybridized carbons (Fsp3) is 0.324. The Bertz CT molecular complexity index is 1310. The molecule has 0 radical (unpaired) electrons. The first kappa shape index (κ1) is 29.0. The van der Waals surface area contributed by atoms with Crippen LogP contribution in [-0.4, -0.2) is 0 Å². The van der Waals surface area contributed by atoms with Gasteiger partial charge in [0.2, 0.25) is 0 Å². The summed E-state index contributed by atoms with van der Waals surface area (Å²) in [5.41, 5.74) is 21.9. The van der Waals surface area contributed by atoms with Crippen molar-refractivity contribution in [1.29, 1.82) is 0 Å². The van der Waals surface area contributed by atoms with Gasteiger partial charge >= 0.3 is 0 Å². The van der Waals surface area contributed by atoms with Gasteiger partial charge in [-0.1, -0.05) is 86.2 Å². The minimum Gasteiger partial charge on any atom is -0.399 e. The third-order valence-electron chi connectivity index (χ3n) is 7.46. The van der Waals surface area contributed by atoms with Crippen molar-refractivity contribution in [3.05, 3.63) is 136 Å². The van der Waals surface area contributed by atoms with Crippen molar-refractivity contribution >= 4 is 11.3 Å². The van der Waals surface area contributed by atoms with Gasteiger partial charge in [0.25, 0.3) is 0 Å². The summed E-state index contributed by atoms with van der Waals surface area (Å²) in [6.45, 7) is 15.6. The van der Waals surface area contributed by atoms with Crippen LogP contribution in [0.3, 0.4) is 0 Å². The van der Waals surface area contributed by atoms with Crippen LogP contribution in [-0.2, 0) is 0 Å². The minimum absolute atomic E-state index is 0.329. The molecule has 1 aromatic rings. The predicted molar refractivity (Wildman–Crippen MR) is 169 cm³/mol. The Hall–Kier alpha value is -3.54. The fourth-order valence-corrected chi connectivity index (χ4v) is 4.94. The molecule has 1 atom stereocenters. The average Bonchev–Trinajstić information content (AvgIpc) is 3.06. The van der Waals surface area contributed by atoms with E-state index in [-0.39, 0.29) is 0 Å². The molecule has 38 heavy (non-hydrogen) atoms. The summed E-state index contributed by atoms with van der Waals surface area (Å²) in [5, 5.41) is 0. The van der Waals surface area contributed by atoms with E-state index in [1.807, 2.05) is 18.2 Å². The highest BCUT2D eigenvalue weighted by atomic mass is 14.5. The molecular formula is C37H45N. The molecule has 1 nitrogen and oxygen atoms in total. The molecule has 1 aromatic carbocycles. The Morgan fingerprint density at radius 3 is 2.79 bits per heavy atom. The highest BCUT2D eigenvalue weighted by Crippen LogP contribution is 2.34. The molecule has 1 heteroatoms. The van der Waals surface area contributed by atoms with Crippen LogP contribution in [0.1, 0.15) is 90.2 Å². The second kappa shape index (κ2) is 14.4. The van der Waals surface area contributed by atoms with Gasteiger partial charge in [0, 0.05) is 5.69 Å². The van der Waals surface area contributed by atoms with E-state index in [1.165, 1.54) is 44.6 Å². The van der Waals surface area contributed by atoms with Gasteiger partial charge in [-0.05, 0) is 128 Å². The van der Waals surface area contributed by atoms with Crippen LogP contribution in [0.2, 0.25) is 0 Å². The van der Waals surface area contributed by atoms with Crippen molar-refractivity contribution < 1.29 is 0 Å². The molecular weight excluding hydrogens is 458 g/mol. The maximum Gasteiger partial charge on any atom is 0.0317 e. The molecule has 0 spiro atoms. The molecule has 0 fully saturated rings. The highest BCUT2D eigenvalue weighted by Gasteiger charge is 2.15. The van der Waals surface area contributed by atoms with E-state index in [4.69, 9.17) is 5.73 Å². The van der Waals surface area contributed by atoms with Gasteiger partial charge in [-0.2, -0.15) is 0 Å². The van der Waals surface area contributed by atoms with Crippen LogP contribution in [0.5, 0.6) is 0 Å². The maximum atomic E-state index is 6.27. The van der Waals surface area contributed by atoms with Crippen LogP contribution in [0.15, 0.2) is 125 Å². The van der Waals surface area contributed by atoms with Crippen LogP contribution in [0.25, 0.3) is 5.57 Å². The van der Waals surface area contributed by atoms with Crippen LogP contribution in [0, 0.1) is 0 Å². The maximum absolute atomic E-state index is 6.27. The summed E-state index contributed by atoms with van der Waals surface area (Å²) < 4.78 is 0. The Morgan fingerprint density at radius 2 is 2.00 bits per heavy atom. The summed E-state index contributed by atoms with van der Waals surface area (Å²) in [6, 6.07) is 6.29. The topological polar surface area (TPSA) is 26.0 Å². The second-order valence-electron chi connectivity index (χ2n) is 10.7. The van der Waals surface area contributed by atoms with Gasteiger partial charge in [-0.3, -0.25) is 0 Å². The highest BCUT2D eigenvalue weighted by molar-refractivity contribution is 5.79. The summed E-state index contributed by atoms with van der Waals surface area (Å²) in [7, 11) is 0. The van der Waals surface area contributed by atoms with Crippen molar-refractivity contribution in [2.45, 2.75) is 79.1 Å². The summed E-state index contributed by atoms with van der Waals surface area (Å²) in [4.78, 5) is 0. The number of hydrogen-bond donors (Lipinski definition) is 1. The molecule has 1 unspecified atom stereocenters. The number of allylic oxidation sites excluding steroid dienone is 16. The SMILES string of the molecule is C=C(C(C)=CCC1=CC=C=CC(C)=CCC1)c1ccc(N)cc1C(C)CC=C(CC)C1=CC=CCC(C)=C1. The lowest BCUT2D eigenvalue weighted by Gasteiger charge is -2.19. The van der Waals surface area contributed by atoms with E-state index in [1.54, 1.807) is 0 Å². The summed E-state index contributed by atoms with van der Waals surface area (Å²) >= 11 is 0. The number of nitrogens with two attached hydrogens (primary N) is 1. The van der Waals surface area contributed by atoms with E-state index < -0.39 is 0 Å². The Labute approximate surface area is 231 Å². The summed E-state index contributed by atoms with van der Waals surface area (Å²) in [5.74, 6) is 0.329. The molecule has 2 N–H and O–H groups in total. The number of hydrogen-bond acceptors (Lipinski definition) is 1. The molecule has 3 rings (SSSR count). The number of benzene rings is 1. The molecule has 0 saturated carbocycles. The third kappa shape index (κ3) is 8.51. The molecule has 0 heterocycles. The minimum atomic E-state index is 0.329. The lowest BCUT2D eigenvalue weighted by molar-refractivity contribution is 0.772.